The smallest absolute Gasteiger partial charge is 0.224 e. The Bertz CT molecular complexity index is 1780. The minimum atomic E-state index is -0.0313. The van der Waals surface area contributed by atoms with Crippen molar-refractivity contribution < 1.29 is 4.79 Å². The highest BCUT2D eigenvalue weighted by atomic mass is 79.9. The van der Waals surface area contributed by atoms with Crippen molar-refractivity contribution in [3.8, 4) is 17.1 Å². The van der Waals surface area contributed by atoms with Crippen LogP contribution < -0.4 is 11.1 Å². The lowest BCUT2D eigenvalue weighted by Crippen LogP contribution is -2.19. The van der Waals surface area contributed by atoms with Crippen LogP contribution in [0.2, 0.25) is 0 Å². The zero-order valence-corrected chi connectivity index (χ0v) is 23.1. The molecule has 3 N–H and O–H groups in total. The number of fused-ring (bicyclic) bond motifs is 2. The number of halogens is 1. The number of nitrogen functional groups attached to an aromatic ring is 1. The summed E-state index contributed by atoms with van der Waals surface area (Å²) in [5.74, 6) is 1.02. The second-order valence-corrected chi connectivity index (χ2v) is 9.78. The number of anilines is 1. The number of amides is 1. The Labute approximate surface area is 234 Å². The first-order chi connectivity index (χ1) is 18.9. The fourth-order valence-corrected chi connectivity index (χ4v) is 4.50. The van der Waals surface area contributed by atoms with Gasteiger partial charge in [0, 0.05) is 40.7 Å². The van der Waals surface area contributed by atoms with Crippen LogP contribution in [0.5, 0.6) is 0 Å². The molecule has 0 bridgehead atoms. The number of nitrogens with two attached hydrogens (primary N) is 1. The lowest BCUT2D eigenvalue weighted by molar-refractivity contribution is -0.119. The molecule has 1 amide bonds. The number of para-hydroxylation sites is 1. The molecule has 0 saturated heterocycles. The van der Waals surface area contributed by atoms with Gasteiger partial charge in [0.2, 0.25) is 5.91 Å². The standard InChI is InChI=1S/C20H17BrN6O.C10H9N/c1-23-17(28)9-12-4-6-14(7-5-12)27-19(15-3-2-8-24-18(15)22)26-16-10-13(21)11-25-20(16)27;1-8-6-7-9-4-2-3-5-10(9)11-8/h2-8,10-11H,9H2,1H3,(H2,22,24)(H,23,28);2-7H,1H3. The molecule has 0 aliphatic heterocycles. The van der Waals surface area contributed by atoms with Gasteiger partial charge in [-0.3, -0.25) is 14.3 Å². The largest absolute Gasteiger partial charge is 0.383 e. The molecular weight excluding hydrogens is 554 g/mol. The van der Waals surface area contributed by atoms with Gasteiger partial charge in [-0.15, -0.1) is 0 Å². The lowest BCUT2D eigenvalue weighted by atomic mass is 10.1. The summed E-state index contributed by atoms with van der Waals surface area (Å²) in [7, 11) is 1.63. The minimum Gasteiger partial charge on any atom is -0.383 e. The summed E-state index contributed by atoms with van der Waals surface area (Å²) in [6, 6.07) is 25.6. The Balaban J connectivity index is 0.000000233. The van der Waals surface area contributed by atoms with Crippen LogP contribution in [-0.2, 0) is 11.2 Å². The number of likely N-dealkylation sites (N-methyl/N-ethyl adjacent to an activating group) is 1. The van der Waals surface area contributed by atoms with Crippen LogP contribution in [0.3, 0.4) is 0 Å². The maximum atomic E-state index is 11.6. The van der Waals surface area contributed by atoms with E-state index in [1.165, 1.54) is 5.39 Å². The van der Waals surface area contributed by atoms with Gasteiger partial charge in [0.1, 0.15) is 11.3 Å². The van der Waals surface area contributed by atoms with E-state index in [-0.39, 0.29) is 5.91 Å². The van der Waals surface area contributed by atoms with E-state index in [1.54, 1.807) is 19.4 Å². The van der Waals surface area contributed by atoms with Gasteiger partial charge in [-0.1, -0.05) is 36.4 Å². The third-order valence-corrected chi connectivity index (χ3v) is 6.55. The summed E-state index contributed by atoms with van der Waals surface area (Å²) in [4.78, 5) is 29.5. The van der Waals surface area contributed by atoms with E-state index in [4.69, 9.17) is 10.7 Å². The predicted octanol–water partition coefficient (Wildman–Crippen LogP) is 5.66. The summed E-state index contributed by atoms with van der Waals surface area (Å²) < 4.78 is 2.79. The normalized spacial score (nSPS) is 10.7. The van der Waals surface area contributed by atoms with Gasteiger partial charge >= 0.3 is 0 Å². The summed E-state index contributed by atoms with van der Waals surface area (Å²) >= 11 is 3.45. The number of benzene rings is 2. The quantitative estimate of drug-likeness (QED) is 0.279. The van der Waals surface area contributed by atoms with Gasteiger partial charge < -0.3 is 11.1 Å². The highest BCUT2D eigenvalue weighted by Gasteiger charge is 2.18. The van der Waals surface area contributed by atoms with Crippen molar-refractivity contribution in [2.24, 2.45) is 0 Å². The monoisotopic (exact) mass is 579 g/mol. The molecule has 39 heavy (non-hydrogen) atoms. The SMILES string of the molecule is CNC(=O)Cc1ccc(-n2c(-c3cccnc3N)nc3cc(Br)cnc32)cc1.Cc1ccc2ccccc2n1. The van der Waals surface area contributed by atoms with Crippen molar-refractivity contribution in [3.63, 3.8) is 0 Å². The third kappa shape index (κ3) is 5.78. The molecule has 9 heteroatoms. The Morgan fingerprint density at radius 2 is 1.74 bits per heavy atom. The van der Waals surface area contributed by atoms with E-state index in [2.05, 4.69) is 48.3 Å². The Kier molecular flexibility index (Phi) is 7.60. The van der Waals surface area contributed by atoms with Crippen molar-refractivity contribution in [1.29, 1.82) is 0 Å². The van der Waals surface area contributed by atoms with Crippen LogP contribution in [0.1, 0.15) is 11.3 Å². The van der Waals surface area contributed by atoms with Crippen molar-refractivity contribution in [2.45, 2.75) is 13.3 Å². The molecule has 0 unspecified atom stereocenters. The molecular formula is C30H26BrN7O. The van der Waals surface area contributed by atoms with Crippen molar-refractivity contribution in [3.05, 3.63) is 107 Å². The second kappa shape index (κ2) is 11.4. The summed E-state index contributed by atoms with van der Waals surface area (Å²) in [6.07, 6.45) is 3.71. The van der Waals surface area contributed by atoms with Crippen LogP contribution in [0.4, 0.5) is 5.82 Å². The van der Waals surface area contributed by atoms with E-state index in [0.717, 1.165) is 38.0 Å². The van der Waals surface area contributed by atoms with Crippen LogP contribution in [0.15, 0.2) is 95.7 Å². The maximum Gasteiger partial charge on any atom is 0.224 e. The summed E-state index contributed by atoms with van der Waals surface area (Å²) in [5, 5.41) is 3.84. The van der Waals surface area contributed by atoms with E-state index in [0.29, 0.717) is 23.7 Å². The molecule has 4 aromatic heterocycles. The average Bonchev–Trinajstić information content (AvgIpc) is 3.32. The zero-order chi connectivity index (χ0) is 27.4. The number of aryl methyl sites for hydroxylation is 1. The van der Waals surface area contributed by atoms with Crippen LogP contribution >= 0.6 is 15.9 Å². The van der Waals surface area contributed by atoms with Gasteiger partial charge in [-0.2, -0.15) is 0 Å². The number of pyridine rings is 3. The summed E-state index contributed by atoms with van der Waals surface area (Å²) in [5.41, 5.74) is 12.2. The molecule has 6 aromatic rings. The third-order valence-electron chi connectivity index (χ3n) is 6.12. The first-order valence-corrected chi connectivity index (χ1v) is 13.1. The lowest BCUT2D eigenvalue weighted by Gasteiger charge is -2.11. The molecule has 0 saturated carbocycles. The van der Waals surface area contributed by atoms with Crippen molar-refractivity contribution in [1.82, 2.24) is 29.8 Å². The number of imidazole rings is 1. The van der Waals surface area contributed by atoms with Crippen LogP contribution in [-0.4, -0.2) is 37.5 Å². The predicted molar refractivity (Wildman–Crippen MR) is 158 cm³/mol. The Morgan fingerprint density at radius 3 is 2.51 bits per heavy atom. The number of aromatic nitrogens is 5. The van der Waals surface area contributed by atoms with Gasteiger partial charge in [-0.05, 0) is 70.9 Å². The topological polar surface area (TPSA) is 112 Å². The van der Waals surface area contributed by atoms with E-state index < -0.39 is 0 Å². The van der Waals surface area contributed by atoms with Crippen molar-refractivity contribution in [2.75, 3.05) is 12.8 Å². The first kappa shape index (κ1) is 26.0. The molecule has 0 radical (unpaired) electrons. The van der Waals surface area contributed by atoms with Crippen LogP contribution in [0, 0.1) is 6.92 Å². The van der Waals surface area contributed by atoms with Gasteiger partial charge in [0.05, 0.1) is 17.5 Å². The fraction of sp³-hybridized carbons (Fsp3) is 0.100. The van der Waals surface area contributed by atoms with Gasteiger partial charge in [-0.25, -0.2) is 15.0 Å². The average molecular weight is 580 g/mol. The Hall–Kier alpha value is -4.63. The van der Waals surface area contributed by atoms with Crippen LogP contribution in [0.25, 0.3) is 39.1 Å². The second-order valence-electron chi connectivity index (χ2n) is 8.87. The van der Waals surface area contributed by atoms with E-state index in [9.17, 15) is 4.79 Å². The molecule has 0 spiro atoms. The minimum absolute atomic E-state index is 0.0313. The first-order valence-electron chi connectivity index (χ1n) is 12.3. The number of hydrogen-bond acceptors (Lipinski definition) is 6. The number of hydrogen-bond donors (Lipinski definition) is 2. The number of carbonyl (C=O) groups is 1. The molecule has 0 atom stereocenters. The molecule has 4 heterocycles. The molecule has 8 nitrogen and oxygen atoms in total. The van der Waals surface area contributed by atoms with E-state index in [1.807, 2.05) is 78.2 Å². The molecule has 194 valence electrons. The number of rotatable bonds is 4. The van der Waals surface area contributed by atoms with Gasteiger partial charge in [0.15, 0.2) is 11.5 Å². The van der Waals surface area contributed by atoms with E-state index >= 15 is 0 Å². The zero-order valence-electron chi connectivity index (χ0n) is 21.5. The fourth-order valence-electron chi connectivity index (χ4n) is 4.18. The molecule has 0 fully saturated rings. The summed E-state index contributed by atoms with van der Waals surface area (Å²) in [6.45, 7) is 2.01. The maximum absolute atomic E-state index is 11.6. The molecule has 0 aliphatic rings. The number of nitrogens with one attached hydrogen (secondary N) is 1. The van der Waals surface area contributed by atoms with Gasteiger partial charge in [0.25, 0.3) is 0 Å². The molecule has 2 aromatic carbocycles. The molecule has 6 rings (SSSR count). The number of nitrogens with zero attached hydrogens (tertiary/aromatic N) is 5. The molecule has 0 aliphatic carbocycles. The highest BCUT2D eigenvalue weighted by Crippen LogP contribution is 2.31. The highest BCUT2D eigenvalue weighted by molar-refractivity contribution is 9.10. The number of carbonyl (C=O) groups excluding carboxylic acids is 1. The Morgan fingerprint density at radius 1 is 0.949 bits per heavy atom. The van der Waals surface area contributed by atoms with Crippen molar-refractivity contribution >= 4 is 49.7 Å².